The summed E-state index contributed by atoms with van der Waals surface area (Å²) in [5.74, 6) is -2.06. The number of carbonyl (C=O) groups is 3. The number of hydrogen-bond acceptors (Lipinski definition) is 5. The van der Waals surface area contributed by atoms with Gasteiger partial charge in [-0.25, -0.2) is 9.59 Å². The second-order valence-electron chi connectivity index (χ2n) is 5.46. The lowest BCUT2D eigenvalue weighted by molar-refractivity contribution is -0.144. The van der Waals surface area contributed by atoms with Crippen molar-refractivity contribution < 1.29 is 29.3 Å². The number of carboxylic acid groups (broad SMARTS) is 1. The van der Waals surface area contributed by atoms with Gasteiger partial charge in [0.15, 0.2) is 6.04 Å². The molecule has 0 aromatic heterocycles. The SMILES string of the molecule is CC(O)C(NC(=O)CN(C)C(=O)OC(C)(C)C)C(=O)O. The van der Waals surface area contributed by atoms with Crippen LogP contribution in [0.1, 0.15) is 27.7 Å². The second-order valence-corrected chi connectivity index (χ2v) is 5.46. The van der Waals surface area contributed by atoms with Gasteiger partial charge in [-0.3, -0.25) is 4.79 Å². The van der Waals surface area contributed by atoms with Crippen molar-refractivity contribution in [1.29, 1.82) is 0 Å². The lowest BCUT2D eigenvalue weighted by Crippen LogP contribution is -2.51. The van der Waals surface area contributed by atoms with Crippen molar-refractivity contribution in [2.45, 2.75) is 45.4 Å². The zero-order valence-electron chi connectivity index (χ0n) is 12.3. The molecule has 2 unspecified atom stereocenters. The maximum Gasteiger partial charge on any atom is 0.410 e. The first-order valence-electron chi connectivity index (χ1n) is 6.08. The van der Waals surface area contributed by atoms with E-state index in [-0.39, 0.29) is 6.54 Å². The molecule has 0 aromatic carbocycles. The topological polar surface area (TPSA) is 116 Å². The number of rotatable bonds is 5. The summed E-state index contributed by atoms with van der Waals surface area (Å²) in [6, 6.07) is -1.42. The standard InChI is InChI=1S/C12H22N2O6/c1-7(15)9(10(17)18)13-8(16)6-14(5)11(19)20-12(2,3)4/h7,9,15H,6H2,1-5H3,(H,13,16)(H,17,18). The minimum absolute atomic E-state index is 0.370. The summed E-state index contributed by atoms with van der Waals surface area (Å²) >= 11 is 0. The average molecular weight is 290 g/mol. The van der Waals surface area contributed by atoms with Crippen LogP contribution in [0.5, 0.6) is 0 Å². The number of aliphatic hydroxyl groups excluding tert-OH is 1. The predicted molar refractivity (Wildman–Crippen MR) is 70.1 cm³/mol. The summed E-state index contributed by atoms with van der Waals surface area (Å²) in [6.45, 7) is 5.94. The maximum atomic E-state index is 11.6. The van der Waals surface area contributed by atoms with Gasteiger partial charge in [-0.15, -0.1) is 0 Å². The van der Waals surface area contributed by atoms with Gasteiger partial charge in [-0.2, -0.15) is 0 Å². The third-order valence-corrected chi connectivity index (χ3v) is 2.15. The van der Waals surface area contributed by atoms with Gasteiger partial charge in [-0.1, -0.05) is 0 Å². The molecule has 0 spiro atoms. The Labute approximate surface area is 117 Å². The molecule has 0 rings (SSSR count). The molecular formula is C12H22N2O6. The van der Waals surface area contributed by atoms with E-state index in [0.717, 1.165) is 4.90 Å². The molecule has 0 aliphatic carbocycles. The largest absolute Gasteiger partial charge is 0.480 e. The number of nitrogens with zero attached hydrogens (tertiary/aromatic N) is 1. The molecule has 0 radical (unpaired) electrons. The maximum absolute atomic E-state index is 11.6. The molecule has 0 fully saturated rings. The third kappa shape index (κ3) is 6.93. The average Bonchev–Trinajstić information content (AvgIpc) is 2.22. The fourth-order valence-electron chi connectivity index (χ4n) is 1.23. The van der Waals surface area contributed by atoms with E-state index >= 15 is 0 Å². The minimum atomic E-state index is -1.42. The van der Waals surface area contributed by atoms with E-state index in [4.69, 9.17) is 9.84 Å². The molecule has 0 saturated carbocycles. The Morgan fingerprint density at radius 2 is 1.80 bits per heavy atom. The van der Waals surface area contributed by atoms with Crippen LogP contribution < -0.4 is 5.32 Å². The van der Waals surface area contributed by atoms with Gasteiger partial charge >= 0.3 is 12.1 Å². The highest BCUT2D eigenvalue weighted by atomic mass is 16.6. The molecular weight excluding hydrogens is 268 g/mol. The smallest absolute Gasteiger partial charge is 0.410 e. The first-order chi connectivity index (χ1) is 8.94. The van der Waals surface area contributed by atoms with Gasteiger partial charge in [0.1, 0.15) is 12.1 Å². The number of ether oxygens (including phenoxy) is 1. The summed E-state index contributed by atoms with van der Waals surface area (Å²) in [5.41, 5.74) is -0.689. The molecule has 20 heavy (non-hydrogen) atoms. The molecule has 8 nitrogen and oxygen atoms in total. The van der Waals surface area contributed by atoms with E-state index in [1.54, 1.807) is 20.8 Å². The number of amides is 2. The van der Waals surface area contributed by atoms with Crippen molar-refractivity contribution in [1.82, 2.24) is 10.2 Å². The summed E-state index contributed by atoms with van der Waals surface area (Å²) in [5, 5.41) is 20.2. The van der Waals surface area contributed by atoms with Crippen LogP contribution in [0.2, 0.25) is 0 Å². The van der Waals surface area contributed by atoms with Gasteiger partial charge in [0.25, 0.3) is 0 Å². The molecule has 0 bridgehead atoms. The number of carbonyl (C=O) groups excluding carboxylic acids is 2. The lowest BCUT2D eigenvalue weighted by Gasteiger charge is -2.25. The Bertz CT molecular complexity index is 375. The van der Waals surface area contributed by atoms with Crippen LogP contribution >= 0.6 is 0 Å². The number of nitrogens with one attached hydrogen (secondary N) is 1. The van der Waals surface area contributed by atoms with E-state index in [0.29, 0.717) is 0 Å². The molecule has 8 heteroatoms. The van der Waals surface area contributed by atoms with Crippen LogP contribution in [0.15, 0.2) is 0 Å². The van der Waals surface area contributed by atoms with E-state index in [2.05, 4.69) is 5.32 Å². The molecule has 0 aliphatic rings. The molecule has 0 aromatic rings. The third-order valence-electron chi connectivity index (χ3n) is 2.15. The fraction of sp³-hybridized carbons (Fsp3) is 0.750. The normalized spacial score (nSPS) is 14.1. The minimum Gasteiger partial charge on any atom is -0.480 e. The van der Waals surface area contributed by atoms with Gasteiger partial charge in [0.05, 0.1) is 6.10 Å². The van der Waals surface area contributed by atoms with Crippen LogP contribution in [0.25, 0.3) is 0 Å². The van der Waals surface area contributed by atoms with Crippen molar-refractivity contribution in [3.8, 4) is 0 Å². The highest BCUT2D eigenvalue weighted by Gasteiger charge is 2.27. The first kappa shape index (κ1) is 18.2. The van der Waals surface area contributed by atoms with E-state index in [9.17, 15) is 19.5 Å². The zero-order chi connectivity index (χ0) is 16.1. The Morgan fingerprint density at radius 1 is 1.30 bits per heavy atom. The summed E-state index contributed by atoms with van der Waals surface area (Å²) in [4.78, 5) is 35.0. The van der Waals surface area contributed by atoms with Crippen molar-refractivity contribution in [3.63, 3.8) is 0 Å². The van der Waals surface area contributed by atoms with Gasteiger partial charge < -0.3 is 25.2 Å². The molecule has 116 valence electrons. The van der Waals surface area contributed by atoms with Crippen LogP contribution in [0.3, 0.4) is 0 Å². The fourth-order valence-corrected chi connectivity index (χ4v) is 1.23. The monoisotopic (exact) mass is 290 g/mol. The molecule has 0 saturated heterocycles. The van der Waals surface area contributed by atoms with Crippen molar-refractivity contribution >= 4 is 18.0 Å². The van der Waals surface area contributed by atoms with E-state index < -0.39 is 35.7 Å². The highest BCUT2D eigenvalue weighted by molar-refractivity contribution is 5.86. The van der Waals surface area contributed by atoms with Gasteiger partial charge in [0, 0.05) is 7.05 Å². The van der Waals surface area contributed by atoms with E-state index in [1.165, 1.54) is 14.0 Å². The van der Waals surface area contributed by atoms with E-state index in [1.807, 2.05) is 0 Å². The quantitative estimate of drug-likeness (QED) is 0.646. The number of likely N-dealkylation sites (N-methyl/N-ethyl adjacent to an activating group) is 1. The Morgan fingerprint density at radius 3 is 2.15 bits per heavy atom. The predicted octanol–water partition coefficient (Wildman–Crippen LogP) is -0.197. The van der Waals surface area contributed by atoms with Crippen LogP contribution in [-0.2, 0) is 14.3 Å². The molecule has 2 atom stereocenters. The van der Waals surface area contributed by atoms with Crippen molar-refractivity contribution in [2.24, 2.45) is 0 Å². The lowest BCUT2D eigenvalue weighted by atomic mass is 10.2. The number of aliphatic carboxylic acids is 1. The number of aliphatic hydroxyl groups is 1. The Balaban J connectivity index is 4.46. The zero-order valence-corrected chi connectivity index (χ0v) is 12.3. The summed E-state index contributed by atoms with van der Waals surface area (Å²) < 4.78 is 5.04. The number of carboxylic acids is 1. The molecule has 0 aliphatic heterocycles. The molecule has 2 amide bonds. The van der Waals surface area contributed by atoms with Gasteiger partial charge in [0.2, 0.25) is 5.91 Å². The highest BCUT2D eigenvalue weighted by Crippen LogP contribution is 2.08. The van der Waals surface area contributed by atoms with Crippen LogP contribution in [-0.4, -0.2) is 64.4 Å². The number of hydrogen-bond donors (Lipinski definition) is 3. The Kier molecular flexibility index (Phi) is 6.44. The van der Waals surface area contributed by atoms with Crippen LogP contribution in [0, 0.1) is 0 Å². The summed E-state index contributed by atoms with van der Waals surface area (Å²) in [6.07, 6.45) is -1.94. The van der Waals surface area contributed by atoms with Gasteiger partial charge in [-0.05, 0) is 27.7 Å². The molecule has 3 N–H and O–H groups in total. The van der Waals surface area contributed by atoms with Crippen molar-refractivity contribution in [2.75, 3.05) is 13.6 Å². The van der Waals surface area contributed by atoms with Crippen LogP contribution in [0.4, 0.5) is 4.79 Å². The first-order valence-corrected chi connectivity index (χ1v) is 6.08. The molecule has 0 heterocycles. The van der Waals surface area contributed by atoms with Crippen molar-refractivity contribution in [3.05, 3.63) is 0 Å². The summed E-state index contributed by atoms with van der Waals surface area (Å²) in [7, 11) is 1.35. The second kappa shape index (κ2) is 7.09. The Hall–Kier alpha value is -1.83.